The van der Waals surface area contributed by atoms with Crippen LogP contribution >= 0.6 is 0 Å². The van der Waals surface area contributed by atoms with Gasteiger partial charge in [0.05, 0.1) is 13.1 Å². The largest absolute Gasteiger partial charge is 0.369 e. The molecule has 134 valence electrons. The molecule has 0 unspecified atom stereocenters. The summed E-state index contributed by atoms with van der Waals surface area (Å²) in [6, 6.07) is 8.60. The molecule has 0 aromatic heterocycles. The first-order chi connectivity index (χ1) is 11.1. The van der Waals surface area contributed by atoms with Crippen LogP contribution in [0.3, 0.4) is 0 Å². The van der Waals surface area contributed by atoms with Crippen molar-refractivity contribution in [3.63, 3.8) is 0 Å². The molecule has 0 saturated heterocycles. The van der Waals surface area contributed by atoms with E-state index in [9.17, 15) is 9.59 Å². The number of amides is 2. The minimum atomic E-state index is -0.421. The summed E-state index contributed by atoms with van der Waals surface area (Å²) in [6.07, 6.45) is 0.785. The second kappa shape index (κ2) is 8.83. The Bertz CT molecular complexity index is 545. The van der Waals surface area contributed by atoms with Gasteiger partial charge in [0.1, 0.15) is 0 Å². The van der Waals surface area contributed by atoms with Crippen molar-refractivity contribution in [2.45, 2.75) is 52.5 Å². The highest BCUT2D eigenvalue weighted by Crippen LogP contribution is 2.22. The van der Waals surface area contributed by atoms with Crippen LogP contribution in [0.2, 0.25) is 0 Å². The molecule has 24 heavy (non-hydrogen) atoms. The predicted octanol–water partition coefficient (Wildman–Crippen LogP) is 1.84. The molecule has 2 amide bonds. The summed E-state index contributed by atoms with van der Waals surface area (Å²) in [5.74, 6) is -0.508. The van der Waals surface area contributed by atoms with Crippen LogP contribution in [-0.4, -0.2) is 42.4 Å². The zero-order valence-corrected chi connectivity index (χ0v) is 15.6. The Labute approximate surface area is 145 Å². The molecule has 0 spiro atoms. The summed E-state index contributed by atoms with van der Waals surface area (Å²) in [5.41, 5.74) is 7.86. The number of nitrogens with one attached hydrogen (secondary N) is 1. The highest BCUT2D eigenvalue weighted by Gasteiger charge is 2.16. The second-order valence-corrected chi connectivity index (χ2v) is 7.51. The Morgan fingerprint density at radius 1 is 1.12 bits per heavy atom. The minimum absolute atomic E-state index is 0.0868. The van der Waals surface area contributed by atoms with Crippen molar-refractivity contribution >= 4 is 11.8 Å². The van der Waals surface area contributed by atoms with Crippen molar-refractivity contribution in [2.24, 2.45) is 5.73 Å². The number of hydrogen-bond donors (Lipinski definition) is 2. The van der Waals surface area contributed by atoms with E-state index < -0.39 is 5.91 Å². The van der Waals surface area contributed by atoms with E-state index in [1.54, 1.807) is 4.90 Å². The van der Waals surface area contributed by atoms with E-state index in [0.29, 0.717) is 6.54 Å². The summed E-state index contributed by atoms with van der Waals surface area (Å²) in [4.78, 5) is 24.8. The van der Waals surface area contributed by atoms with Gasteiger partial charge in [-0.15, -0.1) is 0 Å². The summed E-state index contributed by atoms with van der Waals surface area (Å²) in [7, 11) is 0. The Kier molecular flexibility index (Phi) is 7.42. The summed E-state index contributed by atoms with van der Waals surface area (Å²) in [6.45, 7) is 11.3. The number of nitrogens with two attached hydrogens (primary N) is 1. The van der Waals surface area contributed by atoms with Crippen LogP contribution in [0, 0.1) is 0 Å². The maximum absolute atomic E-state index is 12.0. The molecule has 1 aromatic carbocycles. The van der Waals surface area contributed by atoms with Crippen molar-refractivity contribution in [3.8, 4) is 0 Å². The van der Waals surface area contributed by atoms with Gasteiger partial charge in [0.25, 0.3) is 0 Å². The molecule has 0 saturated carbocycles. The average molecular weight is 333 g/mol. The van der Waals surface area contributed by atoms with E-state index in [1.165, 1.54) is 11.1 Å². The first kappa shape index (κ1) is 20.2. The number of carbonyl (C=O) groups is 2. The highest BCUT2D eigenvalue weighted by molar-refractivity contribution is 5.80. The van der Waals surface area contributed by atoms with Crippen LogP contribution in [0.4, 0.5) is 0 Å². The fourth-order valence-electron chi connectivity index (χ4n) is 2.38. The third-order valence-corrected chi connectivity index (χ3v) is 3.99. The molecule has 0 radical (unpaired) electrons. The van der Waals surface area contributed by atoms with Crippen LogP contribution in [0.25, 0.3) is 0 Å². The molecule has 1 rings (SSSR count). The van der Waals surface area contributed by atoms with Gasteiger partial charge in [-0.25, -0.2) is 0 Å². The van der Waals surface area contributed by atoms with Crippen LogP contribution in [0.15, 0.2) is 24.3 Å². The Balaban J connectivity index is 2.43. The molecule has 0 aliphatic rings. The van der Waals surface area contributed by atoms with E-state index in [-0.39, 0.29) is 30.5 Å². The van der Waals surface area contributed by atoms with Gasteiger partial charge < -0.3 is 11.1 Å². The quantitative estimate of drug-likeness (QED) is 0.762. The van der Waals surface area contributed by atoms with E-state index in [4.69, 9.17) is 5.73 Å². The Morgan fingerprint density at radius 3 is 2.17 bits per heavy atom. The molecular formula is C19H31N3O2. The van der Waals surface area contributed by atoms with Crippen LogP contribution in [0.5, 0.6) is 0 Å². The second-order valence-electron chi connectivity index (χ2n) is 7.51. The number of primary amides is 1. The zero-order valence-electron chi connectivity index (χ0n) is 15.6. The molecule has 3 N–H and O–H groups in total. The van der Waals surface area contributed by atoms with Gasteiger partial charge in [-0.1, -0.05) is 45.0 Å². The van der Waals surface area contributed by atoms with Crippen molar-refractivity contribution in [2.75, 3.05) is 19.6 Å². The Hall–Kier alpha value is -1.88. The van der Waals surface area contributed by atoms with Crippen LogP contribution in [-0.2, 0) is 21.4 Å². The lowest BCUT2D eigenvalue weighted by Crippen LogP contribution is -2.45. The summed E-state index contributed by atoms with van der Waals surface area (Å²) in [5, 5.41) is 2.90. The minimum Gasteiger partial charge on any atom is -0.369 e. The monoisotopic (exact) mass is 333 g/mol. The van der Waals surface area contributed by atoms with E-state index in [1.807, 2.05) is 13.8 Å². The van der Waals surface area contributed by atoms with Crippen molar-refractivity contribution < 1.29 is 9.59 Å². The maximum Gasteiger partial charge on any atom is 0.234 e. The predicted molar refractivity (Wildman–Crippen MR) is 97.8 cm³/mol. The fourth-order valence-corrected chi connectivity index (χ4v) is 2.38. The first-order valence-corrected chi connectivity index (χ1v) is 8.48. The lowest BCUT2D eigenvalue weighted by Gasteiger charge is -2.24. The summed E-state index contributed by atoms with van der Waals surface area (Å²) >= 11 is 0. The molecule has 0 aliphatic heterocycles. The zero-order chi connectivity index (χ0) is 18.3. The SMILES string of the molecule is CC(C)N(CC(N)=O)CC(=O)NCCc1ccc(C(C)(C)C)cc1. The van der Waals surface area contributed by atoms with E-state index >= 15 is 0 Å². The van der Waals surface area contributed by atoms with Gasteiger partial charge in [0.2, 0.25) is 11.8 Å². The number of nitrogens with zero attached hydrogens (tertiary/aromatic N) is 1. The molecule has 0 heterocycles. The lowest BCUT2D eigenvalue weighted by molar-refractivity contribution is -0.124. The first-order valence-electron chi connectivity index (χ1n) is 8.48. The molecule has 0 atom stereocenters. The third kappa shape index (κ3) is 7.13. The number of hydrogen-bond acceptors (Lipinski definition) is 3. The average Bonchev–Trinajstić information content (AvgIpc) is 2.45. The van der Waals surface area contributed by atoms with Gasteiger partial charge >= 0.3 is 0 Å². The maximum atomic E-state index is 12.0. The van der Waals surface area contributed by atoms with Crippen molar-refractivity contribution in [1.29, 1.82) is 0 Å². The fraction of sp³-hybridized carbons (Fsp3) is 0.579. The summed E-state index contributed by atoms with van der Waals surface area (Å²) < 4.78 is 0. The standard InChI is InChI=1S/C19H31N3O2/c1-14(2)22(12-17(20)23)13-18(24)21-11-10-15-6-8-16(9-7-15)19(3,4)5/h6-9,14H,10-13H2,1-5H3,(H2,20,23)(H,21,24). The van der Waals surface area contributed by atoms with E-state index in [0.717, 1.165) is 6.42 Å². The smallest absolute Gasteiger partial charge is 0.234 e. The highest BCUT2D eigenvalue weighted by atomic mass is 16.2. The lowest BCUT2D eigenvalue weighted by atomic mass is 9.86. The molecule has 5 heteroatoms. The third-order valence-electron chi connectivity index (χ3n) is 3.99. The Morgan fingerprint density at radius 2 is 1.71 bits per heavy atom. The van der Waals surface area contributed by atoms with Gasteiger partial charge in [0, 0.05) is 12.6 Å². The van der Waals surface area contributed by atoms with Gasteiger partial charge in [-0.3, -0.25) is 14.5 Å². The number of carbonyl (C=O) groups excluding carboxylic acids is 2. The molecule has 5 nitrogen and oxygen atoms in total. The van der Waals surface area contributed by atoms with Gasteiger partial charge in [0.15, 0.2) is 0 Å². The van der Waals surface area contributed by atoms with Gasteiger partial charge in [-0.05, 0) is 36.8 Å². The van der Waals surface area contributed by atoms with Crippen LogP contribution < -0.4 is 11.1 Å². The van der Waals surface area contributed by atoms with Gasteiger partial charge in [-0.2, -0.15) is 0 Å². The molecule has 0 bridgehead atoms. The van der Waals surface area contributed by atoms with Crippen molar-refractivity contribution in [1.82, 2.24) is 10.2 Å². The van der Waals surface area contributed by atoms with Crippen molar-refractivity contribution in [3.05, 3.63) is 35.4 Å². The van der Waals surface area contributed by atoms with E-state index in [2.05, 4.69) is 50.4 Å². The molecule has 1 aromatic rings. The molecule has 0 fully saturated rings. The number of rotatable bonds is 8. The normalized spacial score (nSPS) is 11.8. The number of benzene rings is 1. The topological polar surface area (TPSA) is 75.4 Å². The molecule has 0 aliphatic carbocycles. The molecular weight excluding hydrogens is 302 g/mol. The van der Waals surface area contributed by atoms with Crippen LogP contribution in [0.1, 0.15) is 45.7 Å².